The molecule has 2 rings (SSSR count). The molecular formula is C18H25N5OS. The summed E-state index contributed by atoms with van der Waals surface area (Å²) in [7, 11) is 1.68. The summed E-state index contributed by atoms with van der Waals surface area (Å²) < 4.78 is 0. The van der Waals surface area contributed by atoms with Crippen molar-refractivity contribution in [1.29, 1.82) is 0 Å². The smallest absolute Gasteiger partial charge is 0.239 e. The van der Waals surface area contributed by atoms with Crippen LogP contribution in [0.25, 0.3) is 0 Å². The lowest BCUT2D eigenvalue weighted by Crippen LogP contribution is -2.43. The molecular weight excluding hydrogens is 334 g/mol. The molecule has 0 spiro atoms. The lowest BCUT2D eigenvalue weighted by atomic mass is 10.1. The summed E-state index contributed by atoms with van der Waals surface area (Å²) in [6.07, 6.45) is 0.822. The molecule has 0 unspecified atom stereocenters. The number of aryl methyl sites for hydroxylation is 2. The van der Waals surface area contributed by atoms with E-state index in [4.69, 9.17) is 0 Å². The first-order valence-electron chi connectivity index (χ1n) is 8.26. The second kappa shape index (κ2) is 9.78. The SMILES string of the molecule is CN=C(NCC(=O)NCCc1ccccc1)NCc1nc(C)c(C)s1. The molecule has 2 aromatic rings. The number of aliphatic imine (C=N–C) groups is 1. The number of hydrogen-bond acceptors (Lipinski definition) is 4. The summed E-state index contributed by atoms with van der Waals surface area (Å²) in [4.78, 5) is 21.7. The maximum Gasteiger partial charge on any atom is 0.239 e. The minimum Gasteiger partial charge on any atom is -0.354 e. The van der Waals surface area contributed by atoms with Crippen LogP contribution in [0.15, 0.2) is 35.3 Å². The summed E-state index contributed by atoms with van der Waals surface area (Å²) in [5, 5.41) is 10.1. The van der Waals surface area contributed by atoms with E-state index in [9.17, 15) is 4.79 Å². The number of aromatic nitrogens is 1. The Morgan fingerprint density at radius 3 is 2.56 bits per heavy atom. The van der Waals surface area contributed by atoms with Crippen molar-refractivity contribution >= 4 is 23.2 Å². The van der Waals surface area contributed by atoms with E-state index in [1.165, 1.54) is 10.4 Å². The molecule has 0 aliphatic heterocycles. The Hall–Kier alpha value is -2.41. The number of benzene rings is 1. The summed E-state index contributed by atoms with van der Waals surface area (Å²) in [5.41, 5.74) is 2.27. The lowest BCUT2D eigenvalue weighted by molar-refractivity contribution is -0.119. The van der Waals surface area contributed by atoms with Crippen LogP contribution in [0.5, 0.6) is 0 Å². The normalized spacial score (nSPS) is 11.2. The predicted molar refractivity (Wildman–Crippen MR) is 103 cm³/mol. The highest BCUT2D eigenvalue weighted by Gasteiger charge is 2.06. The van der Waals surface area contributed by atoms with Gasteiger partial charge in [0.2, 0.25) is 5.91 Å². The lowest BCUT2D eigenvalue weighted by Gasteiger charge is -2.11. The maximum absolute atomic E-state index is 11.9. The predicted octanol–water partition coefficient (Wildman–Crippen LogP) is 1.78. The molecule has 7 heteroatoms. The Balaban J connectivity index is 1.66. The first-order chi connectivity index (χ1) is 12.1. The van der Waals surface area contributed by atoms with Gasteiger partial charge < -0.3 is 16.0 Å². The van der Waals surface area contributed by atoms with Crippen LogP contribution in [0.3, 0.4) is 0 Å². The van der Waals surface area contributed by atoms with E-state index >= 15 is 0 Å². The molecule has 1 aromatic carbocycles. The number of thiazole rings is 1. The van der Waals surface area contributed by atoms with E-state index in [2.05, 4.69) is 45.0 Å². The number of nitrogens with zero attached hydrogens (tertiary/aromatic N) is 2. The van der Waals surface area contributed by atoms with Crippen LogP contribution in [-0.4, -0.2) is 37.0 Å². The number of rotatable bonds is 7. The Morgan fingerprint density at radius 1 is 1.16 bits per heavy atom. The van der Waals surface area contributed by atoms with Crippen molar-refractivity contribution in [3.05, 3.63) is 51.5 Å². The maximum atomic E-state index is 11.9. The zero-order valence-corrected chi connectivity index (χ0v) is 15.7. The Labute approximate surface area is 152 Å². The summed E-state index contributed by atoms with van der Waals surface area (Å²) in [6, 6.07) is 10.1. The molecule has 1 heterocycles. The minimum atomic E-state index is -0.0557. The summed E-state index contributed by atoms with van der Waals surface area (Å²) >= 11 is 1.66. The Bertz CT molecular complexity index is 692. The van der Waals surface area contributed by atoms with Crippen molar-refractivity contribution in [1.82, 2.24) is 20.9 Å². The second-order valence-electron chi connectivity index (χ2n) is 5.61. The number of nitrogens with one attached hydrogen (secondary N) is 3. The number of carbonyl (C=O) groups excluding carboxylic acids is 1. The van der Waals surface area contributed by atoms with Gasteiger partial charge in [-0.1, -0.05) is 30.3 Å². The molecule has 3 N–H and O–H groups in total. The first kappa shape index (κ1) is 18.9. The fraction of sp³-hybridized carbons (Fsp3) is 0.389. The molecule has 0 aliphatic carbocycles. The highest BCUT2D eigenvalue weighted by Crippen LogP contribution is 2.15. The Kier molecular flexibility index (Phi) is 7.40. The van der Waals surface area contributed by atoms with Gasteiger partial charge in [-0.15, -0.1) is 11.3 Å². The molecule has 0 radical (unpaired) electrons. The van der Waals surface area contributed by atoms with Gasteiger partial charge in [0.15, 0.2) is 5.96 Å². The third-order valence-corrected chi connectivity index (χ3v) is 4.77. The average Bonchev–Trinajstić information content (AvgIpc) is 2.94. The van der Waals surface area contributed by atoms with Gasteiger partial charge in [-0.2, -0.15) is 0 Å². The molecule has 0 fully saturated rings. The average molecular weight is 359 g/mol. The van der Waals surface area contributed by atoms with E-state index in [0.29, 0.717) is 19.0 Å². The molecule has 1 amide bonds. The molecule has 0 saturated carbocycles. The zero-order valence-electron chi connectivity index (χ0n) is 14.9. The van der Waals surface area contributed by atoms with Crippen molar-refractivity contribution in [2.75, 3.05) is 20.1 Å². The quantitative estimate of drug-likeness (QED) is 0.520. The van der Waals surface area contributed by atoms with Crippen LogP contribution in [-0.2, 0) is 17.8 Å². The first-order valence-corrected chi connectivity index (χ1v) is 9.08. The fourth-order valence-corrected chi connectivity index (χ4v) is 3.09. The van der Waals surface area contributed by atoms with Crippen LogP contribution < -0.4 is 16.0 Å². The highest BCUT2D eigenvalue weighted by molar-refractivity contribution is 7.11. The van der Waals surface area contributed by atoms with Crippen molar-refractivity contribution in [3.63, 3.8) is 0 Å². The molecule has 1 aromatic heterocycles. The minimum absolute atomic E-state index is 0.0557. The number of amides is 1. The van der Waals surface area contributed by atoms with E-state index < -0.39 is 0 Å². The monoisotopic (exact) mass is 359 g/mol. The fourth-order valence-electron chi connectivity index (χ4n) is 2.21. The van der Waals surface area contributed by atoms with Gasteiger partial charge >= 0.3 is 0 Å². The largest absolute Gasteiger partial charge is 0.354 e. The van der Waals surface area contributed by atoms with Gasteiger partial charge in [-0.3, -0.25) is 9.79 Å². The third kappa shape index (κ3) is 6.54. The number of carbonyl (C=O) groups is 1. The van der Waals surface area contributed by atoms with E-state index in [1.807, 2.05) is 25.1 Å². The van der Waals surface area contributed by atoms with Gasteiger partial charge in [0.05, 0.1) is 18.8 Å². The van der Waals surface area contributed by atoms with Crippen LogP contribution in [0.4, 0.5) is 0 Å². The van der Waals surface area contributed by atoms with Gasteiger partial charge in [0.25, 0.3) is 0 Å². The topological polar surface area (TPSA) is 78.4 Å². The van der Waals surface area contributed by atoms with Crippen molar-refractivity contribution in [2.45, 2.75) is 26.8 Å². The van der Waals surface area contributed by atoms with Gasteiger partial charge in [0.1, 0.15) is 5.01 Å². The van der Waals surface area contributed by atoms with Crippen LogP contribution in [0.2, 0.25) is 0 Å². The Morgan fingerprint density at radius 2 is 1.92 bits per heavy atom. The third-order valence-electron chi connectivity index (χ3n) is 3.70. The van der Waals surface area contributed by atoms with Crippen molar-refractivity contribution < 1.29 is 4.79 Å². The molecule has 0 atom stereocenters. The zero-order chi connectivity index (χ0) is 18.1. The summed E-state index contributed by atoms with van der Waals surface area (Å²) in [6.45, 7) is 5.46. The van der Waals surface area contributed by atoms with Crippen LogP contribution in [0.1, 0.15) is 21.1 Å². The second-order valence-corrected chi connectivity index (χ2v) is 6.90. The van der Waals surface area contributed by atoms with Gasteiger partial charge in [-0.05, 0) is 25.8 Å². The van der Waals surface area contributed by atoms with Crippen molar-refractivity contribution in [3.8, 4) is 0 Å². The van der Waals surface area contributed by atoms with E-state index in [1.54, 1.807) is 18.4 Å². The van der Waals surface area contributed by atoms with Gasteiger partial charge in [-0.25, -0.2) is 4.98 Å². The van der Waals surface area contributed by atoms with Gasteiger partial charge in [0, 0.05) is 18.5 Å². The van der Waals surface area contributed by atoms with Crippen LogP contribution >= 0.6 is 11.3 Å². The molecule has 0 saturated heterocycles. The highest BCUT2D eigenvalue weighted by atomic mass is 32.1. The molecule has 25 heavy (non-hydrogen) atoms. The standard InChI is InChI=1S/C18H25N5OS/c1-13-14(2)25-17(23-13)12-22-18(19-3)21-11-16(24)20-10-9-15-7-5-4-6-8-15/h4-8H,9-12H2,1-3H3,(H,20,24)(H2,19,21,22). The van der Waals surface area contributed by atoms with Crippen molar-refractivity contribution in [2.24, 2.45) is 4.99 Å². The molecule has 134 valence electrons. The van der Waals surface area contributed by atoms with Crippen LogP contribution in [0, 0.1) is 13.8 Å². The number of hydrogen-bond donors (Lipinski definition) is 3. The van der Waals surface area contributed by atoms with E-state index in [0.717, 1.165) is 17.1 Å². The summed E-state index contributed by atoms with van der Waals surface area (Å²) in [5.74, 6) is 0.531. The molecule has 6 nitrogen and oxygen atoms in total. The number of guanidine groups is 1. The van der Waals surface area contributed by atoms with E-state index in [-0.39, 0.29) is 12.5 Å². The molecule has 0 bridgehead atoms. The molecule has 0 aliphatic rings.